The van der Waals surface area contributed by atoms with Crippen LogP contribution in [-0.4, -0.2) is 27.0 Å². The van der Waals surface area contributed by atoms with Crippen molar-refractivity contribution in [1.82, 2.24) is 10.1 Å². The van der Waals surface area contributed by atoms with E-state index in [0.717, 1.165) is 30.4 Å². The molecule has 100 valence electrons. The summed E-state index contributed by atoms with van der Waals surface area (Å²) in [7, 11) is 0. The molecule has 6 heteroatoms. The molecular weight excluding hydrogens is 252 g/mol. The van der Waals surface area contributed by atoms with Gasteiger partial charge in [-0.25, -0.2) is 0 Å². The molecule has 1 aromatic rings. The summed E-state index contributed by atoms with van der Waals surface area (Å²) in [4.78, 5) is 14.7. The third-order valence-electron chi connectivity index (χ3n) is 3.45. The molecule has 2 rings (SSSR count). The van der Waals surface area contributed by atoms with E-state index in [4.69, 9.17) is 9.63 Å². The molecule has 1 aromatic heterocycles. The summed E-state index contributed by atoms with van der Waals surface area (Å²) in [6.07, 6.45) is 4.50. The normalized spacial score (nSPS) is 19.9. The maximum Gasteiger partial charge on any atom is 0.314 e. The quantitative estimate of drug-likeness (QED) is 0.848. The van der Waals surface area contributed by atoms with E-state index in [1.54, 1.807) is 0 Å². The second kappa shape index (κ2) is 5.30. The molecule has 0 radical (unpaired) electrons. The van der Waals surface area contributed by atoms with Crippen LogP contribution >= 0.6 is 11.8 Å². The van der Waals surface area contributed by atoms with Gasteiger partial charge in [-0.2, -0.15) is 4.98 Å². The van der Waals surface area contributed by atoms with Gasteiger partial charge in [-0.3, -0.25) is 4.79 Å². The predicted octanol–water partition coefficient (Wildman–Crippen LogP) is 2.93. The Labute approximate surface area is 110 Å². The van der Waals surface area contributed by atoms with E-state index in [1.807, 2.05) is 0 Å². The average molecular weight is 270 g/mol. The first-order chi connectivity index (χ1) is 8.46. The van der Waals surface area contributed by atoms with Crippen LogP contribution in [0.3, 0.4) is 0 Å². The zero-order valence-electron chi connectivity index (χ0n) is 10.7. The van der Waals surface area contributed by atoms with Crippen LogP contribution in [0.15, 0.2) is 9.75 Å². The monoisotopic (exact) mass is 270 g/mol. The highest BCUT2D eigenvalue weighted by atomic mass is 32.2. The maximum absolute atomic E-state index is 10.4. The molecule has 18 heavy (non-hydrogen) atoms. The number of thioether (sulfide) groups is 1. The van der Waals surface area contributed by atoms with Crippen molar-refractivity contribution >= 4 is 17.7 Å². The van der Waals surface area contributed by atoms with E-state index in [-0.39, 0.29) is 5.75 Å². The Kier molecular flexibility index (Phi) is 3.94. The van der Waals surface area contributed by atoms with Gasteiger partial charge in [0.15, 0.2) is 5.82 Å². The molecule has 0 bridgehead atoms. The number of rotatable bonds is 4. The van der Waals surface area contributed by atoms with Crippen molar-refractivity contribution in [3.63, 3.8) is 0 Å². The molecule has 0 unspecified atom stereocenters. The smallest absolute Gasteiger partial charge is 0.314 e. The fourth-order valence-electron chi connectivity index (χ4n) is 2.23. The SMILES string of the molecule is CC1(C)CCC(c2noc(SCC(=O)O)n2)CC1. The highest BCUT2D eigenvalue weighted by Gasteiger charge is 2.30. The fraction of sp³-hybridized carbons (Fsp3) is 0.750. The number of nitrogens with zero attached hydrogens (tertiary/aromatic N) is 2. The van der Waals surface area contributed by atoms with Gasteiger partial charge in [0.2, 0.25) is 0 Å². The van der Waals surface area contributed by atoms with Gasteiger partial charge in [-0.15, -0.1) is 0 Å². The van der Waals surface area contributed by atoms with E-state index < -0.39 is 5.97 Å². The maximum atomic E-state index is 10.4. The third kappa shape index (κ3) is 3.48. The molecule has 1 saturated carbocycles. The highest BCUT2D eigenvalue weighted by molar-refractivity contribution is 7.99. The molecule has 1 N–H and O–H groups in total. The Morgan fingerprint density at radius 3 is 2.78 bits per heavy atom. The van der Waals surface area contributed by atoms with Gasteiger partial charge in [0.25, 0.3) is 5.22 Å². The van der Waals surface area contributed by atoms with Gasteiger partial charge in [0.1, 0.15) is 5.75 Å². The topological polar surface area (TPSA) is 76.2 Å². The Morgan fingerprint density at radius 2 is 2.17 bits per heavy atom. The lowest BCUT2D eigenvalue weighted by Crippen LogP contribution is -2.20. The van der Waals surface area contributed by atoms with Gasteiger partial charge < -0.3 is 9.63 Å². The van der Waals surface area contributed by atoms with Crippen molar-refractivity contribution in [1.29, 1.82) is 0 Å². The van der Waals surface area contributed by atoms with Crippen LogP contribution in [0.25, 0.3) is 0 Å². The van der Waals surface area contributed by atoms with Gasteiger partial charge in [0, 0.05) is 5.92 Å². The first-order valence-electron chi connectivity index (χ1n) is 6.14. The van der Waals surface area contributed by atoms with Crippen LogP contribution in [0.1, 0.15) is 51.3 Å². The minimum Gasteiger partial charge on any atom is -0.481 e. The van der Waals surface area contributed by atoms with Crippen LogP contribution in [0.4, 0.5) is 0 Å². The second-order valence-corrected chi connectivity index (χ2v) is 6.47. The minimum atomic E-state index is -0.876. The number of hydrogen-bond donors (Lipinski definition) is 1. The van der Waals surface area contributed by atoms with E-state index in [1.165, 1.54) is 12.8 Å². The Hall–Kier alpha value is -1.04. The molecule has 0 spiro atoms. The summed E-state index contributed by atoms with van der Waals surface area (Å²) in [5.41, 5.74) is 0.418. The Bertz CT molecular complexity index is 421. The van der Waals surface area contributed by atoms with Crippen LogP contribution in [0.5, 0.6) is 0 Å². The standard InChI is InChI=1S/C12H18N2O3S/c1-12(2)5-3-8(4-6-12)10-13-11(17-14-10)18-7-9(15)16/h8H,3-7H2,1-2H3,(H,15,16). The van der Waals surface area contributed by atoms with E-state index >= 15 is 0 Å². The molecule has 5 nitrogen and oxygen atoms in total. The van der Waals surface area contributed by atoms with Crippen molar-refractivity contribution < 1.29 is 14.4 Å². The molecule has 1 fully saturated rings. The minimum absolute atomic E-state index is 0.0423. The highest BCUT2D eigenvalue weighted by Crippen LogP contribution is 2.41. The second-order valence-electron chi connectivity index (χ2n) is 5.54. The van der Waals surface area contributed by atoms with Gasteiger partial charge in [0.05, 0.1) is 0 Å². The Balaban J connectivity index is 1.92. The number of aromatic nitrogens is 2. The lowest BCUT2D eigenvalue weighted by atomic mass is 9.73. The summed E-state index contributed by atoms with van der Waals surface area (Å²) in [5, 5.41) is 12.9. The number of carbonyl (C=O) groups is 1. The molecule has 0 atom stereocenters. The molecule has 1 aliphatic rings. The molecular formula is C12H18N2O3S. The molecule has 1 aliphatic carbocycles. The largest absolute Gasteiger partial charge is 0.481 e. The Morgan fingerprint density at radius 1 is 1.50 bits per heavy atom. The summed E-state index contributed by atoms with van der Waals surface area (Å²) >= 11 is 1.07. The van der Waals surface area contributed by atoms with Crippen molar-refractivity contribution in [2.45, 2.75) is 50.7 Å². The lowest BCUT2D eigenvalue weighted by molar-refractivity contribution is -0.133. The predicted molar refractivity (Wildman–Crippen MR) is 67.6 cm³/mol. The average Bonchev–Trinajstić information content (AvgIpc) is 2.75. The fourth-order valence-corrected chi connectivity index (χ4v) is 2.72. The first-order valence-corrected chi connectivity index (χ1v) is 7.13. The third-order valence-corrected chi connectivity index (χ3v) is 4.25. The summed E-state index contributed by atoms with van der Waals surface area (Å²) in [6.45, 7) is 4.57. The zero-order valence-corrected chi connectivity index (χ0v) is 11.5. The van der Waals surface area contributed by atoms with E-state index in [2.05, 4.69) is 24.0 Å². The lowest BCUT2D eigenvalue weighted by Gasteiger charge is -2.32. The van der Waals surface area contributed by atoms with E-state index in [0.29, 0.717) is 16.6 Å². The van der Waals surface area contributed by atoms with Gasteiger partial charge >= 0.3 is 5.97 Å². The number of aliphatic carboxylic acids is 1. The summed E-state index contributed by atoms with van der Waals surface area (Å²) in [6, 6.07) is 0. The summed E-state index contributed by atoms with van der Waals surface area (Å²) in [5.74, 6) is 0.179. The molecule has 0 aromatic carbocycles. The first kappa shape index (κ1) is 13.4. The van der Waals surface area contributed by atoms with Crippen molar-refractivity contribution in [2.75, 3.05) is 5.75 Å². The van der Waals surface area contributed by atoms with Crippen LogP contribution in [0.2, 0.25) is 0 Å². The molecule has 0 amide bonds. The van der Waals surface area contributed by atoms with Crippen molar-refractivity contribution in [3.8, 4) is 0 Å². The number of hydrogen-bond acceptors (Lipinski definition) is 5. The molecule has 0 saturated heterocycles. The number of carboxylic acid groups (broad SMARTS) is 1. The van der Waals surface area contributed by atoms with Crippen molar-refractivity contribution in [3.05, 3.63) is 5.82 Å². The summed E-state index contributed by atoms with van der Waals surface area (Å²) < 4.78 is 5.06. The van der Waals surface area contributed by atoms with Crippen molar-refractivity contribution in [2.24, 2.45) is 5.41 Å². The molecule has 1 heterocycles. The van der Waals surface area contributed by atoms with Gasteiger partial charge in [-0.1, -0.05) is 30.8 Å². The van der Waals surface area contributed by atoms with Crippen LogP contribution in [-0.2, 0) is 4.79 Å². The zero-order chi connectivity index (χ0) is 13.2. The van der Waals surface area contributed by atoms with Crippen LogP contribution in [0, 0.1) is 5.41 Å². The van der Waals surface area contributed by atoms with Crippen LogP contribution < -0.4 is 0 Å². The van der Waals surface area contributed by atoms with E-state index in [9.17, 15) is 4.79 Å². The van der Waals surface area contributed by atoms with Gasteiger partial charge in [-0.05, 0) is 31.1 Å². The molecule has 0 aliphatic heterocycles. The number of carboxylic acids is 1.